The van der Waals surface area contributed by atoms with Gasteiger partial charge in [0.05, 0.1) is 5.69 Å². The van der Waals surface area contributed by atoms with Crippen molar-refractivity contribution in [1.29, 1.82) is 0 Å². The van der Waals surface area contributed by atoms with Gasteiger partial charge in [0, 0.05) is 16.8 Å². The number of fused-ring (bicyclic) bond motifs is 6. The first-order chi connectivity index (χ1) is 25.3. The van der Waals surface area contributed by atoms with E-state index in [-0.39, 0.29) is 0 Å². The minimum atomic E-state index is 1.12. The molecule has 0 atom stereocenters. The van der Waals surface area contributed by atoms with Gasteiger partial charge < -0.3 is 4.90 Å². The van der Waals surface area contributed by atoms with Crippen molar-refractivity contribution in [3.63, 3.8) is 0 Å². The molecule has 2 aliphatic carbocycles. The van der Waals surface area contributed by atoms with Crippen LogP contribution in [0.15, 0.2) is 188 Å². The molecule has 0 amide bonds. The van der Waals surface area contributed by atoms with Crippen LogP contribution in [-0.2, 0) is 0 Å². The molecule has 0 aliphatic heterocycles. The van der Waals surface area contributed by atoms with Crippen LogP contribution in [0.25, 0.3) is 88.3 Å². The Balaban J connectivity index is 1.19. The smallest absolute Gasteiger partial charge is 0.0540 e. The fourth-order valence-electron chi connectivity index (χ4n) is 8.75. The van der Waals surface area contributed by atoms with Gasteiger partial charge in [0.25, 0.3) is 0 Å². The van der Waals surface area contributed by atoms with Gasteiger partial charge >= 0.3 is 0 Å². The molecule has 11 rings (SSSR count). The molecule has 51 heavy (non-hydrogen) atoms. The lowest BCUT2D eigenvalue weighted by atomic mass is 9.83. The largest absolute Gasteiger partial charge is 0.310 e. The zero-order chi connectivity index (χ0) is 33.5. The second-order valence-corrected chi connectivity index (χ2v) is 13.6. The molecule has 0 heterocycles. The molecule has 2 aliphatic rings. The van der Waals surface area contributed by atoms with Crippen LogP contribution < -0.4 is 4.90 Å². The molecule has 0 aromatic heterocycles. The van der Waals surface area contributed by atoms with Gasteiger partial charge in [-0.05, 0) is 113 Å². The monoisotopic (exact) mass is 645 g/mol. The van der Waals surface area contributed by atoms with E-state index in [4.69, 9.17) is 0 Å². The van der Waals surface area contributed by atoms with Crippen LogP contribution in [0.1, 0.15) is 0 Å². The summed E-state index contributed by atoms with van der Waals surface area (Å²) in [5.74, 6) is 0. The van der Waals surface area contributed by atoms with Gasteiger partial charge in [-0.1, -0.05) is 158 Å². The minimum Gasteiger partial charge on any atom is -0.310 e. The fourth-order valence-corrected chi connectivity index (χ4v) is 8.75. The Kier molecular flexibility index (Phi) is 6.02. The molecule has 9 aromatic carbocycles. The lowest BCUT2D eigenvalue weighted by Crippen LogP contribution is -2.11. The fraction of sp³-hybridized carbons (Fsp3) is 0. The van der Waals surface area contributed by atoms with Gasteiger partial charge in [0.15, 0.2) is 0 Å². The lowest BCUT2D eigenvalue weighted by molar-refractivity contribution is 1.30. The molecule has 236 valence electrons. The van der Waals surface area contributed by atoms with Crippen LogP contribution in [0.4, 0.5) is 17.1 Å². The molecule has 0 saturated heterocycles. The Bertz CT molecular complexity index is 2840. The van der Waals surface area contributed by atoms with Crippen molar-refractivity contribution in [2.45, 2.75) is 0 Å². The molecule has 0 saturated carbocycles. The van der Waals surface area contributed by atoms with Gasteiger partial charge in [0.1, 0.15) is 0 Å². The molecule has 0 fully saturated rings. The van der Waals surface area contributed by atoms with E-state index in [9.17, 15) is 0 Å². The van der Waals surface area contributed by atoms with Gasteiger partial charge in [-0.3, -0.25) is 0 Å². The third-order valence-corrected chi connectivity index (χ3v) is 10.9. The van der Waals surface area contributed by atoms with Crippen molar-refractivity contribution in [1.82, 2.24) is 0 Å². The molecule has 0 unspecified atom stereocenters. The van der Waals surface area contributed by atoms with Crippen LogP contribution in [-0.4, -0.2) is 0 Å². The van der Waals surface area contributed by atoms with Gasteiger partial charge in [-0.25, -0.2) is 0 Å². The molecule has 1 nitrogen and oxygen atoms in total. The molecule has 0 spiro atoms. The molecule has 0 radical (unpaired) electrons. The van der Waals surface area contributed by atoms with E-state index in [0.29, 0.717) is 0 Å². The maximum Gasteiger partial charge on any atom is 0.0540 e. The Morgan fingerprint density at radius 3 is 1.55 bits per heavy atom. The average molecular weight is 646 g/mol. The summed E-state index contributed by atoms with van der Waals surface area (Å²) < 4.78 is 0. The highest BCUT2D eigenvalue weighted by atomic mass is 15.1. The molecule has 6 bridgehead atoms. The standard InChI is InChI=1S/C50H31N/c1-3-18-37-32(12-1)14-8-22-38(37)34-16-7-17-35(30-34)51(48-27-9-15-33-13-2-4-19-39(33)48)36-28-29-41-44-24-11-25-45-46-26-10-23-43(50(46)47(41)31-36)40-20-5-6-21-42(40)49(44)45/h1-31H. The predicted octanol–water partition coefficient (Wildman–Crippen LogP) is 14.1. The van der Waals surface area contributed by atoms with E-state index in [0.717, 1.165) is 17.1 Å². The van der Waals surface area contributed by atoms with E-state index >= 15 is 0 Å². The van der Waals surface area contributed by atoms with Crippen molar-refractivity contribution >= 4 is 38.6 Å². The van der Waals surface area contributed by atoms with Crippen LogP contribution >= 0.6 is 0 Å². The summed E-state index contributed by atoms with van der Waals surface area (Å²) in [6, 6.07) is 69.4. The second-order valence-electron chi connectivity index (χ2n) is 13.6. The number of benzene rings is 9. The minimum absolute atomic E-state index is 1.12. The number of anilines is 3. The van der Waals surface area contributed by atoms with E-state index < -0.39 is 0 Å². The quantitative estimate of drug-likeness (QED) is 0.184. The maximum atomic E-state index is 2.46. The summed E-state index contributed by atoms with van der Waals surface area (Å²) in [5.41, 5.74) is 18.8. The zero-order valence-electron chi connectivity index (χ0n) is 27.8. The third kappa shape index (κ3) is 4.16. The zero-order valence-corrected chi connectivity index (χ0v) is 27.8. The third-order valence-electron chi connectivity index (χ3n) is 10.9. The Morgan fingerprint density at radius 2 is 0.765 bits per heavy atom. The summed E-state index contributed by atoms with van der Waals surface area (Å²) in [6.07, 6.45) is 0. The number of rotatable bonds is 4. The average Bonchev–Trinajstić information content (AvgIpc) is 3.30. The van der Waals surface area contributed by atoms with Crippen molar-refractivity contribution in [2.24, 2.45) is 0 Å². The lowest BCUT2D eigenvalue weighted by Gasteiger charge is -2.29. The topological polar surface area (TPSA) is 3.24 Å². The first-order valence-corrected chi connectivity index (χ1v) is 17.7. The molecule has 9 aromatic rings. The van der Waals surface area contributed by atoms with Gasteiger partial charge in [-0.15, -0.1) is 0 Å². The van der Waals surface area contributed by atoms with Crippen LogP contribution in [0.5, 0.6) is 0 Å². The highest BCUT2D eigenvalue weighted by molar-refractivity contribution is 6.15. The second kappa shape index (κ2) is 10.9. The predicted molar refractivity (Wildman–Crippen MR) is 216 cm³/mol. The first kappa shape index (κ1) is 28.2. The Morgan fingerprint density at radius 1 is 0.275 bits per heavy atom. The van der Waals surface area contributed by atoms with Crippen molar-refractivity contribution in [2.75, 3.05) is 4.90 Å². The van der Waals surface area contributed by atoms with E-state index in [2.05, 4.69) is 193 Å². The van der Waals surface area contributed by atoms with E-state index in [1.807, 2.05) is 0 Å². The van der Waals surface area contributed by atoms with Crippen LogP contribution in [0.2, 0.25) is 0 Å². The van der Waals surface area contributed by atoms with E-state index in [1.54, 1.807) is 0 Å². The summed E-state index contributed by atoms with van der Waals surface area (Å²) in [7, 11) is 0. The van der Waals surface area contributed by atoms with Gasteiger partial charge in [0.2, 0.25) is 0 Å². The molecule has 0 N–H and O–H groups in total. The molecular weight excluding hydrogens is 615 g/mol. The van der Waals surface area contributed by atoms with Crippen molar-refractivity contribution < 1.29 is 0 Å². The molecular formula is C50H31N. The number of hydrogen-bond donors (Lipinski definition) is 0. The van der Waals surface area contributed by atoms with Crippen molar-refractivity contribution in [3.05, 3.63) is 188 Å². The van der Waals surface area contributed by atoms with Crippen LogP contribution in [0.3, 0.4) is 0 Å². The maximum absolute atomic E-state index is 2.46. The number of nitrogens with zero attached hydrogens (tertiary/aromatic N) is 1. The summed E-state index contributed by atoms with van der Waals surface area (Å²) in [4.78, 5) is 2.46. The van der Waals surface area contributed by atoms with Crippen molar-refractivity contribution in [3.8, 4) is 66.8 Å². The van der Waals surface area contributed by atoms with E-state index in [1.165, 1.54) is 88.3 Å². The summed E-state index contributed by atoms with van der Waals surface area (Å²) >= 11 is 0. The first-order valence-electron chi connectivity index (χ1n) is 17.7. The molecule has 1 heteroatoms. The summed E-state index contributed by atoms with van der Waals surface area (Å²) in [6.45, 7) is 0. The normalized spacial score (nSPS) is 11.9. The van der Waals surface area contributed by atoms with Crippen LogP contribution in [0, 0.1) is 0 Å². The SMILES string of the molecule is c1cc(-c2cccc3ccccc23)cc(N(c2ccc3c(c2)-c2c4cccc2-c2cccc-3c2-c2ccccc2-4)c2cccc3ccccc23)c1. The highest BCUT2D eigenvalue weighted by Gasteiger charge is 2.31. The summed E-state index contributed by atoms with van der Waals surface area (Å²) in [5, 5.41) is 4.95. The number of hydrogen-bond acceptors (Lipinski definition) is 1. The van der Waals surface area contributed by atoms with Gasteiger partial charge in [-0.2, -0.15) is 0 Å². The Labute approximate surface area is 297 Å². The highest BCUT2D eigenvalue weighted by Crippen LogP contribution is 2.58. The Hall–Kier alpha value is -6.70.